The number of amides is 1. The zero-order chi connectivity index (χ0) is 11.9. The van der Waals surface area contributed by atoms with Crippen molar-refractivity contribution < 1.29 is 9.53 Å². The van der Waals surface area contributed by atoms with E-state index in [4.69, 9.17) is 4.74 Å². The van der Waals surface area contributed by atoms with Crippen LogP contribution in [-0.4, -0.2) is 51.3 Å². The van der Waals surface area contributed by atoms with Gasteiger partial charge in [0.15, 0.2) is 5.82 Å². The summed E-state index contributed by atoms with van der Waals surface area (Å²) < 4.78 is 4.85. The summed E-state index contributed by atoms with van der Waals surface area (Å²) >= 11 is 0. The van der Waals surface area contributed by atoms with Crippen LogP contribution < -0.4 is 0 Å². The second-order valence-electron chi connectivity index (χ2n) is 4.09. The molecule has 94 valence electrons. The fourth-order valence-electron chi connectivity index (χ4n) is 1.86. The third kappa shape index (κ3) is 3.69. The third-order valence-electron chi connectivity index (χ3n) is 2.81. The van der Waals surface area contributed by atoms with Crippen LogP contribution in [0.15, 0.2) is 0 Å². The molecule has 0 radical (unpaired) electrons. The summed E-state index contributed by atoms with van der Waals surface area (Å²) in [6.45, 7) is 2.08. The number of aryl methyl sites for hydroxylation is 1. The summed E-state index contributed by atoms with van der Waals surface area (Å²) in [6, 6.07) is 0. The van der Waals surface area contributed by atoms with Gasteiger partial charge in [-0.3, -0.25) is 0 Å². The first kappa shape index (κ1) is 11.8. The Morgan fingerprint density at radius 3 is 2.88 bits per heavy atom. The van der Waals surface area contributed by atoms with Crippen molar-refractivity contribution in [3.05, 3.63) is 5.82 Å². The Labute approximate surface area is 99.5 Å². The Balaban J connectivity index is 1.48. The van der Waals surface area contributed by atoms with E-state index >= 15 is 0 Å². The van der Waals surface area contributed by atoms with Crippen LogP contribution in [0.2, 0.25) is 0 Å². The first-order valence-electron chi connectivity index (χ1n) is 6.00. The molecule has 7 nitrogen and oxygen atoms in total. The highest BCUT2D eigenvalue weighted by Gasteiger charge is 2.20. The van der Waals surface area contributed by atoms with Crippen molar-refractivity contribution in [2.24, 2.45) is 0 Å². The number of hydrogen-bond donors (Lipinski definition) is 1. The van der Waals surface area contributed by atoms with Crippen LogP contribution in [-0.2, 0) is 11.2 Å². The number of unbranched alkanes of at least 4 members (excludes halogenated alkanes) is 3. The van der Waals surface area contributed by atoms with Crippen molar-refractivity contribution in [1.29, 1.82) is 0 Å². The highest BCUT2D eigenvalue weighted by Crippen LogP contribution is 2.08. The number of carbonyl (C=O) groups excluding carboxylic acids is 1. The van der Waals surface area contributed by atoms with E-state index in [0.717, 1.165) is 51.0 Å². The predicted molar refractivity (Wildman–Crippen MR) is 59.3 cm³/mol. The molecule has 2 rings (SSSR count). The van der Waals surface area contributed by atoms with E-state index in [1.165, 1.54) is 0 Å². The van der Waals surface area contributed by atoms with Gasteiger partial charge in [-0.25, -0.2) is 4.79 Å². The van der Waals surface area contributed by atoms with Gasteiger partial charge >= 0.3 is 6.09 Å². The molecule has 1 fully saturated rings. The van der Waals surface area contributed by atoms with Crippen molar-refractivity contribution in [3.63, 3.8) is 0 Å². The molecule has 1 aliphatic heterocycles. The van der Waals surface area contributed by atoms with Gasteiger partial charge in [0.05, 0.1) is 6.54 Å². The average molecular weight is 239 g/mol. The molecule has 0 aliphatic carbocycles. The van der Waals surface area contributed by atoms with E-state index in [-0.39, 0.29) is 6.09 Å². The summed E-state index contributed by atoms with van der Waals surface area (Å²) in [7, 11) is 0. The number of cyclic esters (lactones) is 1. The third-order valence-corrected chi connectivity index (χ3v) is 2.81. The lowest BCUT2D eigenvalue weighted by Crippen LogP contribution is -2.25. The van der Waals surface area contributed by atoms with Gasteiger partial charge in [0.25, 0.3) is 0 Å². The molecule has 2 heterocycles. The maximum atomic E-state index is 11.1. The predicted octanol–water partition coefficient (Wildman–Crippen LogP) is 0.755. The number of nitrogens with zero attached hydrogens (tertiary/aromatic N) is 4. The fraction of sp³-hybridized carbons (Fsp3) is 0.800. The van der Waals surface area contributed by atoms with Crippen LogP contribution in [0, 0.1) is 0 Å². The van der Waals surface area contributed by atoms with Crippen LogP contribution in [0.4, 0.5) is 4.79 Å². The minimum atomic E-state index is -0.170. The van der Waals surface area contributed by atoms with E-state index in [2.05, 4.69) is 20.6 Å². The summed E-state index contributed by atoms with van der Waals surface area (Å²) in [5, 5.41) is 13.7. The minimum Gasteiger partial charge on any atom is -0.448 e. The number of tetrazole rings is 1. The SMILES string of the molecule is O=C1OCCN1CCCCCCc1nn[nH]n1. The van der Waals surface area contributed by atoms with Crippen molar-refractivity contribution in [2.75, 3.05) is 19.7 Å². The van der Waals surface area contributed by atoms with Gasteiger partial charge < -0.3 is 9.64 Å². The van der Waals surface area contributed by atoms with Crippen molar-refractivity contribution in [1.82, 2.24) is 25.5 Å². The largest absolute Gasteiger partial charge is 0.448 e. The average Bonchev–Trinajstić information content (AvgIpc) is 2.95. The number of hydrogen-bond acceptors (Lipinski definition) is 5. The lowest BCUT2D eigenvalue weighted by atomic mass is 10.1. The topological polar surface area (TPSA) is 84.0 Å². The van der Waals surface area contributed by atoms with Crippen molar-refractivity contribution >= 4 is 6.09 Å². The minimum absolute atomic E-state index is 0.170. The number of H-pyrrole nitrogens is 1. The van der Waals surface area contributed by atoms with Crippen molar-refractivity contribution in [2.45, 2.75) is 32.1 Å². The maximum Gasteiger partial charge on any atom is 0.409 e. The first-order chi connectivity index (χ1) is 8.36. The van der Waals surface area contributed by atoms with Gasteiger partial charge in [-0.2, -0.15) is 5.21 Å². The lowest BCUT2D eigenvalue weighted by molar-refractivity contribution is 0.158. The van der Waals surface area contributed by atoms with E-state index in [1.807, 2.05) is 0 Å². The smallest absolute Gasteiger partial charge is 0.409 e. The van der Waals surface area contributed by atoms with Gasteiger partial charge in [0.2, 0.25) is 0 Å². The number of ether oxygens (including phenoxy) is 1. The Morgan fingerprint density at radius 1 is 1.29 bits per heavy atom. The fourth-order valence-corrected chi connectivity index (χ4v) is 1.86. The molecular weight excluding hydrogens is 222 g/mol. The normalized spacial score (nSPS) is 15.3. The molecule has 1 aromatic heterocycles. The molecule has 1 N–H and O–H groups in total. The van der Waals surface area contributed by atoms with Gasteiger partial charge in [-0.05, 0) is 12.8 Å². The molecule has 0 aromatic carbocycles. The summed E-state index contributed by atoms with van der Waals surface area (Å²) in [5.41, 5.74) is 0. The van der Waals surface area contributed by atoms with E-state index in [1.54, 1.807) is 4.90 Å². The zero-order valence-electron chi connectivity index (χ0n) is 9.76. The summed E-state index contributed by atoms with van der Waals surface area (Å²) in [6.07, 6.45) is 5.02. The molecule has 0 atom stereocenters. The second-order valence-corrected chi connectivity index (χ2v) is 4.09. The molecule has 17 heavy (non-hydrogen) atoms. The molecule has 0 unspecified atom stereocenters. The van der Waals surface area contributed by atoms with Gasteiger partial charge in [0.1, 0.15) is 6.61 Å². The Hall–Kier alpha value is -1.66. The van der Waals surface area contributed by atoms with Gasteiger partial charge in [0, 0.05) is 13.0 Å². The van der Waals surface area contributed by atoms with Gasteiger partial charge in [-0.15, -0.1) is 10.2 Å². The summed E-state index contributed by atoms with van der Waals surface area (Å²) in [5.74, 6) is 0.771. The number of nitrogens with one attached hydrogen (secondary N) is 1. The highest BCUT2D eigenvalue weighted by atomic mass is 16.6. The zero-order valence-corrected chi connectivity index (χ0v) is 9.76. The van der Waals surface area contributed by atoms with E-state index < -0.39 is 0 Å². The Morgan fingerprint density at radius 2 is 2.18 bits per heavy atom. The molecule has 0 bridgehead atoms. The highest BCUT2D eigenvalue weighted by molar-refractivity contribution is 5.69. The summed E-state index contributed by atoms with van der Waals surface area (Å²) in [4.78, 5) is 12.9. The Kier molecular flexibility index (Phi) is 4.29. The molecule has 1 saturated heterocycles. The van der Waals surface area contributed by atoms with Crippen LogP contribution in [0.1, 0.15) is 31.5 Å². The monoisotopic (exact) mass is 239 g/mol. The first-order valence-corrected chi connectivity index (χ1v) is 6.00. The quantitative estimate of drug-likeness (QED) is 0.710. The van der Waals surface area contributed by atoms with Gasteiger partial charge in [-0.1, -0.05) is 18.1 Å². The maximum absolute atomic E-state index is 11.1. The van der Waals surface area contributed by atoms with E-state index in [0.29, 0.717) is 6.61 Å². The number of carbonyl (C=O) groups is 1. The molecular formula is C10H17N5O2. The molecule has 1 aliphatic rings. The molecule has 7 heteroatoms. The second kappa shape index (κ2) is 6.17. The standard InChI is InChI=1S/C10H17N5O2/c16-10-15(7-8-17-10)6-4-2-1-3-5-9-11-13-14-12-9/h1-8H2,(H,11,12,13,14). The van der Waals surface area contributed by atoms with Crippen LogP contribution in [0.3, 0.4) is 0 Å². The lowest BCUT2D eigenvalue weighted by Gasteiger charge is -2.11. The van der Waals surface area contributed by atoms with Crippen molar-refractivity contribution in [3.8, 4) is 0 Å². The van der Waals surface area contributed by atoms with Crippen LogP contribution in [0.5, 0.6) is 0 Å². The molecule has 0 saturated carbocycles. The van der Waals surface area contributed by atoms with Crippen LogP contribution >= 0.6 is 0 Å². The molecule has 1 aromatic rings. The molecule has 1 amide bonds. The van der Waals surface area contributed by atoms with Crippen LogP contribution in [0.25, 0.3) is 0 Å². The Bertz CT molecular complexity index is 340. The van der Waals surface area contributed by atoms with E-state index in [9.17, 15) is 4.79 Å². The number of aromatic nitrogens is 4. The molecule has 0 spiro atoms. The number of rotatable bonds is 7. The number of aromatic amines is 1.